The number of aromatic nitrogens is 1. The van der Waals surface area contributed by atoms with Crippen LogP contribution in [0.3, 0.4) is 0 Å². The van der Waals surface area contributed by atoms with Crippen molar-refractivity contribution in [1.29, 1.82) is 5.26 Å². The molecule has 2 nitrogen and oxygen atoms in total. The van der Waals surface area contributed by atoms with Crippen molar-refractivity contribution in [2.24, 2.45) is 7.05 Å². The molecule has 1 aromatic heterocycles. The van der Waals surface area contributed by atoms with Gasteiger partial charge in [0.25, 0.3) is 0 Å². The largest absolute Gasteiger partial charge is 0.346 e. The minimum Gasteiger partial charge on any atom is -0.346 e. The van der Waals surface area contributed by atoms with Crippen molar-refractivity contribution in [3.05, 3.63) is 35.3 Å². The number of aryl methyl sites for hydroxylation is 2. The summed E-state index contributed by atoms with van der Waals surface area (Å²) in [6, 6.07) is 6.73. The normalized spacial score (nSPS) is 10.4. The maximum absolute atomic E-state index is 13.4. The van der Waals surface area contributed by atoms with Gasteiger partial charge < -0.3 is 4.57 Å². The standard InChI is InChI=1S/C11H9FN2/c1-7-5-9-8(6-13)3-4-10(12)11(9)14(7)2/h3-5H,1-2H3. The highest BCUT2D eigenvalue weighted by atomic mass is 19.1. The molecule has 3 heteroatoms. The van der Waals surface area contributed by atoms with Gasteiger partial charge in [0.15, 0.2) is 0 Å². The van der Waals surface area contributed by atoms with E-state index in [1.807, 2.05) is 13.0 Å². The van der Waals surface area contributed by atoms with Gasteiger partial charge in [-0.15, -0.1) is 0 Å². The lowest BCUT2D eigenvalue weighted by atomic mass is 10.1. The molecule has 0 radical (unpaired) electrons. The molecule has 0 amide bonds. The second kappa shape index (κ2) is 2.85. The first-order valence-corrected chi connectivity index (χ1v) is 4.30. The summed E-state index contributed by atoms with van der Waals surface area (Å²) < 4.78 is 15.2. The van der Waals surface area contributed by atoms with E-state index < -0.39 is 0 Å². The van der Waals surface area contributed by atoms with E-state index in [2.05, 4.69) is 6.07 Å². The second-order valence-electron chi connectivity index (χ2n) is 3.31. The molecular weight excluding hydrogens is 179 g/mol. The number of benzene rings is 1. The average molecular weight is 188 g/mol. The summed E-state index contributed by atoms with van der Waals surface area (Å²) in [5, 5.41) is 9.53. The van der Waals surface area contributed by atoms with Crippen LogP contribution in [0, 0.1) is 24.1 Å². The quantitative estimate of drug-likeness (QED) is 0.624. The zero-order valence-corrected chi connectivity index (χ0v) is 8.00. The second-order valence-corrected chi connectivity index (χ2v) is 3.31. The summed E-state index contributed by atoms with van der Waals surface area (Å²) in [6.07, 6.45) is 0. The molecule has 0 aliphatic rings. The van der Waals surface area contributed by atoms with Gasteiger partial charge in [-0.3, -0.25) is 0 Å². The van der Waals surface area contributed by atoms with E-state index in [4.69, 9.17) is 5.26 Å². The Hall–Kier alpha value is -1.82. The van der Waals surface area contributed by atoms with Crippen molar-refractivity contribution in [2.75, 3.05) is 0 Å². The molecule has 1 heterocycles. The summed E-state index contributed by atoms with van der Waals surface area (Å²) >= 11 is 0. The number of hydrogen-bond donors (Lipinski definition) is 0. The van der Waals surface area contributed by atoms with Crippen molar-refractivity contribution >= 4 is 10.9 Å². The number of nitriles is 1. The maximum atomic E-state index is 13.4. The lowest BCUT2D eigenvalue weighted by Gasteiger charge is -2.00. The van der Waals surface area contributed by atoms with Crippen LogP contribution in [0.2, 0.25) is 0 Å². The molecule has 0 spiro atoms. The van der Waals surface area contributed by atoms with Gasteiger partial charge in [-0.1, -0.05) is 0 Å². The fourth-order valence-electron chi connectivity index (χ4n) is 1.65. The summed E-state index contributed by atoms with van der Waals surface area (Å²) in [5.41, 5.74) is 1.97. The van der Waals surface area contributed by atoms with Crippen molar-refractivity contribution in [2.45, 2.75) is 6.92 Å². The number of rotatable bonds is 0. The average Bonchev–Trinajstić information content (AvgIpc) is 2.45. The summed E-state index contributed by atoms with van der Waals surface area (Å²) in [5.74, 6) is -0.283. The molecule has 2 aromatic rings. The molecule has 0 fully saturated rings. The predicted molar refractivity (Wildman–Crippen MR) is 52.3 cm³/mol. The van der Waals surface area contributed by atoms with Crippen LogP contribution in [0.15, 0.2) is 18.2 Å². The molecule has 0 saturated heterocycles. The number of nitrogens with zero attached hydrogens (tertiary/aromatic N) is 2. The number of halogens is 1. The van der Waals surface area contributed by atoms with Crippen LogP contribution in [0.25, 0.3) is 10.9 Å². The van der Waals surface area contributed by atoms with Crippen molar-refractivity contribution in [1.82, 2.24) is 4.57 Å². The molecular formula is C11H9FN2. The molecule has 14 heavy (non-hydrogen) atoms. The monoisotopic (exact) mass is 188 g/mol. The van der Waals surface area contributed by atoms with Crippen LogP contribution in [0.4, 0.5) is 4.39 Å². The highest BCUT2D eigenvalue weighted by molar-refractivity contribution is 5.87. The highest BCUT2D eigenvalue weighted by Crippen LogP contribution is 2.24. The SMILES string of the molecule is Cc1cc2c(C#N)ccc(F)c2n1C. The Morgan fingerprint density at radius 3 is 2.79 bits per heavy atom. The summed E-state index contributed by atoms with van der Waals surface area (Å²) in [6.45, 7) is 1.89. The van der Waals surface area contributed by atoms with E-state index in [9.17, 15) is 4.39 Å². The van der Waals surface area contributed by atoms with Gasteiger partial charge in [-0.2, -0.15) is 5.26 Å². The first-order chi connectivity index (χ1) is 6.65. The van der Waals surface area contributed by atoms with Crippen LogP contribution in [-0.2, 0) is 7.05 Å². The molecule has 0 unspecified atom stereocenters. The van der Waals surface area contributed by atoms with Crippen molar-refractivity contribution in [3.63, 3.8) is 0 Å². The third-order valence-electron chi connectivity index (χ3n) is 2.51. The summed E-state index contributed by atoms with van der Waals surface area (Å²) in [7, 11) is 1.79. The Labute approximate surface area is 81.2 Å². The van der Waals surface area contributed by atoms with Gasteiger partial charge >= 0.3 is 0 Å². The molecule has 0 N–H and O–H groups in total. The van der Waals surface area contributed by atoms with Gasteiger partial charge in [-0.25, -0.2) is 4.39 Å². The fraction of sp³-hybridized carbons (Fsp3) is 0.182. The van der Waals surface area contributed by atoms with Crippen LogP contribution >= 0.6 is 0 Å². The number of fused-ring (bicyclic) bond motifs is 1. The molecule has 1 aromatic carbocycles. The first-order valence-electron chi connectivity index (χ1n) is 4.30. The van der Waals surface area contributed by atoms with Crippen LogP contribution in [0.5, 0.6) is 0 Å². The summed E-state index contributed by atoms with van der Waals surface area (Å²) in [4.78, 5) is 0. The third-order valence-corrected chi connectivity index (χ3v) is 2.51. The van der Waals surface area contributed by atoms with Crippen molar-refractivity contribution < 1.29 is 4.39 Å². The maximum Gasteiger partial charge on any atom is 0.147 e. The fourth-order valence-corrected chi connectivity index (χ4v) is 1.65. The van der Waals surface area contributed by atoms with Gasteiger partial charge in [0.1, 0.15) is 5.82 Å². The predicted octanol–water partition coefficient (Wildman–Crippen LogP) is 2.50. The Kier molecular flexibility index (Phi) is 1.78. The van der Waals surface area contributed by atoms with E-state index in [1.165, 1.54) is 12.1 Å². The third kappa shape index (κ3) is 1.01. The van der Waals surface area contributed by atoms with Crippen LogP contribution in [0.1, 0.15) is 11.3 Å². The van der Waals surface area contributed by atoms with E-state index in [-0.39, 0.29) is 5.82 Å². The van der Waals surface area contributed by atoms with Crippen LogP contribution in [-0.4, -0.2) is 4.57 Å². The molecule has 0 atom stereocenters. The van der Waals surface area contributed by atoms with Gasteiger partial charge in [-0.05, 0) is 25.1 Å². The Morgan fingerprint density at radius 2 is 2.14 bits per heavy atom. The molecule has 0 aliphatic heterocycles. The Bertz CT molecular complexity index is 546. The van der Waals surface area contributed by atoms with E-state index >= 15 is 0 Å². The van der Waals surface area contributed by atoms with E-state index in [0.717, 1.165) is 5.69 Å². The smallest absolute Gasteiger partial charge is 0.147 e. The van der Waals surface area contributed by atoms with E-state index in [0.29, 0.717) is 16.5 Å². The molecule has 0 aliphatic carbocycles. The van der Waals surface area contributed by atoms with Gasteiger partial charge in [0, 0.05) is 18.1 Å². The van der Waals surface area contributed by atoms with Gasteiger partial charge in [0.05, 0.1) is 17.1 Å². The lowest BCUT2D eigenvalue weighted by molar-refractivity contribution is 0.631. The first kappa shape index (κ1) is 8.76. The minimum absolute atomic E-state index is 0.283. The molecule has 2 rings (SSSR count). The lowest BCUT2D eigenvalue weighted by Crippen LogP contribution is -1.92. The molecule has 70 valence electrons. The minimum atomic E-state index is -0.283. The number of hydrogen-bond acceptors (Lipinski definition) is 1. The van der Waals surface area contributed by atoms with Crippen LogP contribution < -0.4 is 0 Å². The zero-order valence-electron chi connectivity index (χ0n) is 8.00. The van der Waals surface area contributed by atoms with E-state index in [1.54, 1.807) is 11.6 Å². The van der Waals surface area contributed by atoms with Gasteiger partial charge in [0.2, 0.25) is 0 Å². The zero-order chi connectivity index (χ0) is 10.3. The molecule has 0 saturated carbocycles. The Morgan fingerprint density at radius 1 is 1.43 bits per heavy atom. The molecule has 0 bridgehead atoms. The topological polar surface area (TPSA) is 28.7 Å². The Balaban J connectivity index is 3.00. The van der Waals surface area contributed by atoms with Crippen molar-refractivity contribution in [3.8, 4) is 6.07 Å². The highest BCUT2D eigenvalue weighted by Gasteiger charge is 2.10.